The van der Waals surface area contributed by atoms with Gasteiger partial charge in [-0.15, -0.1) is 0 Å². The van der Waals surface area contributed by atoms with Gasteiger partial charge in [0.25, 0.3) is 5.56 Å². The van der Waals surface area contributed by atoms with Crippen molar-refractivity contribution in [3.05, 3.63) is 102 Å². The number of primary amides is 1. The summed E-state index contributed by atoms with van der Waals surface area (Å²) in [6.07, 6.45) is 2.24. The zero-order valence-corrected chi connectivity index (χ0v) is 23.7. The minimum Gasteiger partial charge on any atom is -0.390 e. The lowest BCUT2D eigenvalue weighted by Gasteiger charge is -2.33. The molecule has 0 bridgehead atoms. The van der Waals surface area contributed by atoms with Gasteiger partial charge in [-0.2, -0.15) is 0 Å². The van der Waals surface area contributed by atoms with Crippen molar-refractivity contribution >= 4 is 34.0 Å². The molecule has 2 aromatic heterocycles. The van der Waals surface area contributed by atoms with E-state index in [0.29, 0.717) is 46.0 Å². The normalized spacial score (nSPS) is 18.9. The van der Waals surface area contributed by atoms with Crippen molar-refractivity contribution in [2.24, 2.45) is 11.7 Å². The number of para-hydroxylation sites is 1. The SMILES string of the molecule is Cc1c(C2=C(Cl)CC(C(N)=O)c3[nH]c4c(c32)CCC(C(C)(C)O)C4)cccc1-n1c(=O)[nH]c2c(F)cccc2c1=O. The van der Waals surface area contributed by atoms with Gasteiger partial charge in [-0.1, -0.05) is 29.8 Å². The Kier molecular flexibility index (Phi) is 6.35. The van der Waals surface area contributed by atoms with Crippen molar-refractivity contribution in [2.45, 2.75) is 58.0 Å². The zero-order valence-electron chi connectivity index (χ0n) is 22.9. The number of amides is 1. The first-order chi connectivity index (χ1) is 19.4. The van der Waals surface area contributed by atoms with E-state index in [1.807, 2.05) is 6.07 Å². The van der Waals surface area contributed by atoms with Crippen LogP contribution in [0.25, 0.3) is 22.2 Å². The van der Waals surface area contributed by atoms with Gasteiger partial charge in [0.1, 0.15) is 5.82 Å². The third-order valence-electron chi connectivity index (χ3n) is 8.71. The molecule has 2 unspecified atom stereocenters. The molecule has 0 saturated carbocycles. The summed E-state index contributed by atoms with van der Waals surface area (Å²) in [5, 5.41) is 11.2. The Hall–Kier alpha value is -3.95. The Morgan fingerprint density at radius 1 is 1.15 bits per heavy atom. The molecule has 1 amide bonds. The number of rotatable bonds is 4. The molecule has 41 heavy (non-hydrogen) atoms. The number of benzene rings is 2. The van der Waals surface area contributed by atoms with E-state index in [4.69, 9.17) is 17.3 Å². The number of nitrogens with zero attached hydrogens (tertiary/aromatic N) is 1. The van der Waals surface area contributed by atoms with Crippen LogP contribution in [0.15, 0.2) is 51.0 Å². The monoisotopic (exact) mass is 576 g/mol. The average molecular weight is 577 g/mol. The molecule has 2 heterocycles. The van der Waals surface area contributed by atoms with Gasteiger partial charge in [0.05, 0.1) is 28.1 Å². The molecule has 6 rings (SSSR count). The van der Waals surface area contributed by atoms with E-state index < -0.39 is 34.5 Å². The number of H-pyrrole nitrogens is 2. The van der Waals surface area contributed by atoms with Gasteiger partial charge in [-0.3, -0.25) is 9.59 Å². The van der Waals surface area contributed by atoms with Crippen molar-refractivity contribution < 1.29 is 14.3 Å². The predicted molar refractivity (Wildman–Crippen MR) is 156 cm³/mol. The first kappa shape index (κ1) is 27.2. The molecular formula is C31H30ClFN4O4. The van der Waals surface area contributed by atoms with Gasteiger partial charge in [0, 0.05) is 34.0 Å². The van der Waals surface area contributed by atoms with Crippen molar-refractivity contribution in [3.63, 3.8) is 0 Å². The average Bonchev–Trinajstić information content (AvgIpc) is 3.28. The third kappa shape index (κ3) is 4.26. The largest absolute Gasteiger partial charge is 0.390 e. The number of halogens is 2. The summed E-state index contributed by atoms with van der Waals surface area (Å²) in [6, 6.07) is 9.34. The molecule has 212 valence electrons. The maximum atomic E-state index is 14.3. The molecule has 10 heteroatoms. The number of allylic oxidation sites excluding steroid dienone is 1. The lowest BCUT2D eigenvalue weighted by molar-refractivity contribution is -0.119. The Labute approximate surface area is 239 Å². The van der Waals surface area contributed by atoms with Crippen molar-refractivity contribution in [1.29, 1.82) is 0 Å². The third-order valence-corrected chi connectivity index (χ3v) is 9.05. The fourth-order valence-corrected chi connectivity index (χ4v) is 6.83. The number of nitrogens with two attached hydrogens (primary N) is 1. The molecule has 4 aromatic rings. The first-order valence-electron chi connectivity index (χ1n) is 13.6. The lowest BCUT2D eigenvalue weighted by atomic mass is 9.75. The Morgan fingerprint density at radius 3 is 2.59 bits per heavy atom. The molecule has 5 N–H and O–H groups in total. The molecule has 0 spiro atoms. The molecule has 0 aliphatic heterocycles. The van der Waals surface area contributed by atoms with Crippen LogP contribution in [0.5, 0.6) is 0 Å². The summed E-state index contributed by atoms with van der Waals surface area (Å²) < 4.78 is 15.4. The smallest absolute Gasteiger partial charge is 0.333 e. The van der Waals surface area contributed by atoms with E-state index in [1.54, 1.807) is 32.9 Å². The molecule has 0 fully saturated rings. The van der Waals surface area contributed by atoms with Crippen LogP contribution in [0.2, 0.25) is 0 Å². The van der Waals surface area contributed by atoms with Gasteiger partial charge < -0.3 is 20.8 Å². The van der Waals surface area contributed by atoms with Gasteiger partial charge >= 0.3 is 5.69 Å². The Morgan fingerprint density at radius 2 is 1.88 bits per heavy atom. The van der Waals surface area contributed by atoms with Crippen LogP contribution < -0.4 is 17.0 Å². The second kappa shape index (κ2) is 9.56. The minimum atomic E-state index is -0.864. The zero-order chi connectivity index (χ0) is 29.4. The van der Waals surface area contributed by atoms with Crippen LogP contribution in [-0.4, -0.2) is 31.1 Å². The van der Waals surface area contributed by atoms with Crippen LogP contribution in [0.3, 0.4) is 0 Å². The number of aromatic nitrogens is 3. The first-order valence-corrected chi connectivity index (χ1v) is 13.9. The molecule has 2 atom stereocenters. The number of nitrogens with one attached hydrogen (secondary N) is 2. The van der Waals surface area contributed by atoms with E-state index in [2.05, 4.69) is 9.97 Å². The maximum absolute atomic E-state index is 14.3. The molecule has 0 radical (unpaired) electrons. The van der Waals surface area contributed by atoms with E-state index in [0.717, 1.165) is 27.8 Å². The van der Waals surface area contributed by atoms with Crippen LogP contribution in [0, 0.1) is 18.7 Å². The maximum Gasteiger partial charge on any atom is 0.333 e. The molecular weight excluding hydrogens is 547 g/mol. The second-order valence-electron chi connectivity index (χ2n) is 11.6. The molecule has 2 aliphatic carbocycles. The summed E-state index contributed by atoms with van der Waals surface area (Å²) in [6.45, 7) is 5.41. The molecule has 2 aliphatic rings. The summed E-state index contributed by atoms with van der Waals surface area (Å²) in [7, 11) is 0. The topological polar surface area (TPSA) is 134 Å². The van der Waals surface area contributed by atoms with Gasteiger partial charge in [0.15, 0.2) is 0 Å². The highest BCUT2D eigenvalue weighted by molar-refractivity contribution is 6.34. The highest BCUT2D eigenvalue weighted by Gasteiger charge is 2.39. The number of carbonyl (C=O) groups is 1. The summed E-state index contributed by atoms with van der Waals surface area (Å²) in [4.78, 5) is 45.1. The van der Waals surface area contributed by atoms with Crippen molar-refractivity contribution in [3.8, 4) is 5.69 Å². The molecule has 0 saturated heterocycles. The van der Waals surface area contributed by atoms with Gasteiger partial charge in [-0.05, 0) is 80.8 Å². The van der Waals surface area contributed by atoms with Crippen molar-refractivity contribution in [2.75, 3.05) is 0 Å². The quantitative estimate of drug-likeness (QED) is 0.288. The van der Waals surface area contributed by atoms with Crippen LogP contribution in [0.1, 0.15) is 66.2 Å². The highest BCUT2D eigenvalue weighted by Crippen LogP contribution is 2.48. The Balaban J connectivity index is 1.56. The number of carbonyl (C=O) groups excluding carboxylic acids is 1. The number of fused-ring (bicyclic) bond motifs is 4. The predicted octanol–water partition coefficient (Wildman–Crippen LogP) is 4.30. The second-order valence-corrected chi connectivity index (χ2v) is 12.0. The summed E-state index contributed by atoms with van der Waals surface area (Å²) in [5.74, 6) is -1.79. The number of aliphatic hydroxyl groups is 1. The van der Waals surface area contributed by atoms with Gasteiger partial charge in [-0.25, -0.2) is 13.8 Å². The number of hydrogen-bond donors (Lipinski definition) is 4. The fourth-order valence-electron chi connectivity index (χ4n) is 6.48. The summed E-state index contributed by atoms with van der Waals surface area (Å²) >= 11 is 6.95. The molecule has 8 nitrogen and oxygen atoms in total. The highest BCUT2D eigenvalue weighted by atomic mass is 35.5. The van der Waals surface area contributed by atoms with E-state index >= 15 is 0 Å². The van der Waals surface area contributed by atoms with Crippen LogP contribution >= 0.6 is 11.6 Å². The lowest BCUT2D eigenvalue weighted by Crippen LogP contribution is -2.35. The van der Waals surface area contributed by atoms with E-state index in [9.17, 15) is 23.9 Å². The fraction of sp³-hybridized carbons (Fsp3) is 0.323. The summed E-state index contributed by atoms with van der Waals surface area (Å²) in [5.41, 5.74) is 9.27. The Bertz CT molecular complexity index is 1910. The van der Waals surface area contributed by atoms with Crippen LogP contribution in [0.4, 0.5) is 4.39 Å². The van der Waals surface area contributed by atoms with Gasteiger partial charge in [0.2, 0.25) is 5.91 Å². The van der Waals surface area contributed by atoms with E-state index in [1.165, 1.54) is 18.2 Å². The molecule has 2 aromatic carbocycles. The van der Waals surface area contributed by atoms with Crippen LogP contribution in [-0.2, 0) is 17.6 Å². The van der Waals surface area contributed by atoms with E-state index in [-0.39, 0.29) is 23.2 Å². The van der Waals surface area contributed by atoms with Crippen molar-refractivity contribution in [1.82, 2.24) is 14.5 Å². The number of aromatic amines is 2. The minimum absolute atomic E-state index is 0.0337. The number of hydrogen-bond acceptors (Lipinski definition) is 4. The standard InChI is InChI=1S/C31H30ClFN4O4/c1-14-16(6-5-9-23(14)37-29(39)18-7-4-8-21(33)26(18)36-30(37)40)24-20(32)13-19(28(34)38)27-25(24)17-11-10-15(31(2,3)41)12-22(17)35-27/h4-9,15,19,35,41H,10-13H2,1-3H3,(H2,34,38)(H,36,40).